The minimum Gasteiger partial charge on any atom is -0.448 e. The van der Waals surface area contributed by atoms with Gasteiger partial charge in [-0.1, -0.05) is 157 Å². The molecule has 8 aromatic rings. The predicted molar refractivity (Wildman–Crippen MR) is 270 cm³/mol. The molecular formula is C54H43N7O5S3. The normalized spacial score (nSPS) is 15.8. The van der Waals surface area contributed by atoms with E-state index in [2.05, 4.69) is 57.2 Å². The van der Waals surface area contributed by atoms with Crippen LogP contribution in [0.15, 0.2) is 203 Å². The van der Waals surface area contributed by atoms with Crippen LogP contribution in [0.25, 0.3) is 10.6 Å². The number of β-lactam (4-membered cyclic amide) rings is 1. The van der Waals surface area contributed by atoms with Crippen LogP contribution in [0.1, 0.15) is 45.3 Å². The Hall–Kier alpha value is -7.72. The van der Waals surface area contributed by atoms with E-state index in [-0.39, 0.29) is 17.1 Å². The quantitative estimate of drug-likeness (QED) is 0.0315. The van der Waals surface area contributed by atoms with E-state index >= 15 is 0 Å². The highest BCUT2D eigenvalue weighted by atomic mass is 32.2. The van der Waals surface area contributed by atoms with Crippen molar-refractivity contribution < 1.29 is 24.0 Å². The van der Waals surface area contributed by atoms with Gasteiger partial charge >= 0.3 is 5.97 Å². The van der Waals surface area contributed by atoms with E-state index in [1.165, 1.54) is 46.4 Å². The summed E-state index contributed by atoms with van der Waals surface area (Å²) in [5, 5.41) is 15.2. The highest BCUT2D eigenvalue weighted by Crippen LogP contribution is 2.44. The number of rotatable bonds is 16. The smallest absolute Gasteiger partial charge is 0.356 e. The Morgan fingerprint density at radius 2 is 1.32 bits per heavy atom. The summed E-state index contributed by atoms with van der Waals surface area (Å²) in [7, 11) is 1.35. The lowest BCUT2D eigenvalue weighted by molar-refractivity contribution is -0.154. The standard InChI is InChI=1S/C54H43N7O5S3/c1-65-60-44(43-34-69-53(57-43)59-54(39-21-11-4-12-22-39,40-23-13-5-14-24-40)41-25-15-6-16-26-41)48(62)58-45-50(63)61-46(52(64)66-47(35-17-7-2-8-18-35)36-19-9-3-10-20-36)38(32-68-51(45)61)31-42-33-67-49(56-42)37-27-29-55-30-28-37/h2-30,33-34,45,47,51H,31-32H2,1H3,(H,57,59)(H,58,62)/b60-44-/t45?,51-/m1/s1. The van der Waals surface area contributed by atoms with Gasteiger partial charge in [-0.3, -0.25) is 19.5 Å². The summed E-state index contributed by atoms with van der Waals surface area (Å²) in [6.07, 6.45) is 2.99. The van der Waals surface area contributed by atoms with Gasteiger partial charge in [-0.25, -0.2) is 14.8 Å². The molecule has 342 valence electrons. The Morgan fingerprint density at radius 1 is 0.754 bits per heavy atom. The number of ether oxygens (including phenoxy) is 1. The lowest BCUT2D eigenvalue weighted by Crippen LogP contribution is -2.71. The molecule has 2 amide bonds. The van der Waals surface area contributed by atoms with Gasteiger partial charge in [0.25, 0.3) is 11.8 Å². The first-order valence-corrected chi connectivity index (χ1v) is 24.9. The molecule has 3 aromatic heterocycles. The summed E-state index contributed by atoms with van der Waals surface area (Å²) >= 11 is 4.26. The zero-order chi connectivity index (χ0) is 47.2. The van der Waals surface area contributed by atoms with E-state index in [0.717, 1.165) is 44.1 Å². The summed E-state index contributed by atoms with van der Waals surface area (Å²) < 4.78 is 6.41. The highest BCUT2D eigenvalue weighted by Gasteiger charge is 2.55. The van der Waals surface area contributed by atoms with Crippen LogP contribution in [0.3, 0.4) is 0 Å². The number of nitrogens with zero attached hydrogens (tertiary/aromatic N) is 5. The molecule has 0 saturated carbocycles. The zero-order valence-corrected chi connectivity index (χ0v) is 39.5. The molecule has 0 spiro atoms. The molecule has 12 nitrogen and oxygen atoms in total. The van der Waals surface area contributed by atoms with E-state index < -0.39 is 40.8 Å². The molecule has 10 rings (SSSR count). The monoisotopic (exact) mass is 965 g/mol. The fourth-order valence-electron chi connectivity index (χ4n) is 8.68. The van der Waals surface area contributed by atoms with Crippen molar-refractivity contribution in [3.05, 3.63) is 237 Å². The number of hydrogen-bond donors (Lipinski definition) is 2. The van der Waals surface area contributed by atoms with Crippen molar-refractivity contribution in [2.45, 2.75) is 29.5 Å². The molecule has 0 aliphatic carbocycles. The number of nitrogens with one attached hydrogen (secondary N) is 2. The first-order valence-electron chi connectivity index (χ1n) is 22.1. The molecular weight excluding hydrogens is 923 g/mol. The second kappa shape index (κ2) is 20.2. The van der Waals surface area contributed by atoms with Crippen molar-refractivity contribution in [1.29, 1.82) is 0 Å². The number of amides is 2. The number of thiazole rings is 2. The average Bonchev–Trinajstić information content (AvgIpc) is 4.09. The average molecular weight is 966 g/mol. The van der Waals surface area contributed by atoms with Crippen molar-refractivity contribution in [2.75, 3.05) is 18.2 Å². The van der Waals surface area contributed by atoms with Crippen LogP contribution >= 0.6 is 34.4 Å². The molecule has 1 saturated heterocycles. The molecule has 69 heavy (non-hydrogen) atoms. The number of carbonyl (C=O) groups is 3. The van der Waals surface area contributed by atoms with Gasteiger partial charge in [0.1, 0.15) is 40.5 Å². The van der Waals surface area contributed by atoms with Crippen LogP contribution in [0.4, 0.5) is 5.13 Å². The number of esters is 1. The molecule has 0 bridgehead atoms. The van der Waals surface area contributed by atoms with Crippen molar-refractivity contribution in [2.24, 2.45) is 5.16 Å². The zero-order valence-electron chi connectivity index (χ0n) is 37.0. The van der Waals surface area contributed by atoms with Gasteiger partial charge in [0.05, 0.1) is 5.69 Å². The predicted octanol–water partition coefficient (Wildman–Crippen LogP) is 9.65. The molecule has 0 radical (unpaired) electrons. The maximum Gasteiger partial charge on any atom is 0.356 e. The molecule has 15 heteroatoms. The number of aromatic nitrogens is 3. The van der Waals surface area contributed by atoms with Crippen LogP contribution in [-0.2, 0) is 35.9 Å². The van der Waals surface area contributed by atoms with E-state index in [4.69, 9.17) is 19.5 Å². The molecule has 2 aliphatic heterocycles. The van der Waals surface area contributed by atoms with E-state index in [1.54, 1.807) is 17.8 Å². The summed E-state index contributed by atoms with van der Waals surface area (Å²) in [6, 6.07) is 52.2. The Kier molecular flexibility index (Phi) is 13.2. The summed E-state index contributed by atoms with van der Waals surface area (Å²) in [5.74, 6) is -1.41. The van der Waals surface area contributed by atoms with Crippen molar-refractivity contribution in [3.63, 3.8) is 0 Å². The number of thioether (sulfide) groups is 1. The fraction of sp³-hybridized carbons (Fsp3) is 0.130. The van der Waals surface area contributed by atoms with Gasteiger partial charge in [0.2, 0.25) is 0 Å². The van der Waals surface area contributed by atoms with Crippen LogP contribution in [-0.4, -0.2) is 67.6 Å². The van der Waals surface area contributed by atoms with Crippen molar-refractivity contribution >= 4 is 63.1 Å². The third-order valence-corrected chi connectivity index (χ3v) is 14.9. The topological polar surface area (TPSA) is 148 Å². The maximum atomic E-state index is 14.8. The minimum absolute atomic E-state index is 0.114. The SMILES string of the molecule is CO/N=C(\C(=O)NC1C(=O)N2C(C(=O)OC(c3ccccc3)c3ccccc3)=C(Cc3csc(-c4ccncc4)n3)CS[C@H]12)c1csc(NC(c2ccccc2)(c2ccccc2)c2ccccc2)n1. The van der Waals surface area contributed by atoms with E-state index in [9.17, 15) is 14.4 Å². The summed E-state index contributed by atoms with van der Waals surface area (Å²) in [5.41, 5.74) is 6.28. The molecule has 5 heterocycles. The second-order valence-corrected chi connectivity index (χ2v) is 18.9. The van der Waals surface area contributed by atoms with Gasteiger partial charge in [-0.05, 0) is 45.5 Å². The first kappa shape index (κ1) is 45.1. The van der Waals surface area contributed by atoms with Crippen molar-refractivity contribution in [3.8, 4) is 10.6 Å². The summed E-state index contributed by atoms with van der Waals surface area (Å²) in [6.45, 7) is 0. The molecule has 1 unspecified atom stereocenters. The van der Waals surface area contributed by atoms with Crippen molar-refractivity contribution in [1.82, 2.24) is 25.2 Å². The maximum absolute atomic E-state index is 14.8. The van der Waals surface area contributed by atoms with E-state index in [1.807, 2.05) is 133 Å². The Morgan fingerprint density at radius 3 is 1.88 bits per heavy atom. The van der Waals surface area contributed by atoms with Gasteiger partial charge in [0.15, 0.2) is 16.9 Å². The number of anilines is 1. The third kappa shape index (κ3) is 9.19. The van der Waals surface area contributed by atoms with Crippen LogP contribution < -0.4 is 10.6 Å². The number of pyridine rings is 1. The number of benzene rings is 5. The van der Waals surface area contributed by atoms with Gasteiger partial charge in [0, 0.05) is 40.9 Å². The lowest BCUT2D eigenvalue weighted by Gasteiger charge is -2.49. The molecule has 1 fully saturated rings. The third-order valence-electron chi connectivity index (χ3n) is 11.9. The molecule has 2 atom stereocenters. The number of oxime groups is 1. The largest absolute Gasteiger partial charge is 0.448 e. The van der Waals surface area contributed by atoms with Crippen LogP contribution in [0.2, 0.25) is 0 Å². The highest BCUT2D eigenvalue weighted by molar-refractivity contribution is 8.00. The van der Waals surface area contributed by atoms with Gasteiger partial charge in [-0.2, -0.15) is 0 Å². The second-order valence-electron chi connectivity index (χ2n) is 16.1. The van der Waals surface area contributed by atoms with E-state index in [0.29, 0.717) is 22.9 Å². The fourth-order valence-corrected chi connectivity index (χ4v) is 11.6. The Bertz CT molecular complexity index is 3000. The number of hydrogen-bond acceptors (Lipinski definition) is 13. The number of carbonyl (C=O) groups excluding carboxylic acids is 3. The Labute approximate surface area is 410 Å². The summed E-state index contributed by atoms with van der Waals surface area (Å²) in [4.78, 5) is 64.2. The molecule has 5 aromatic carbocycles. The Balaban J connectivity index is 0.932. The van der Waals surface area contributed by atoms with Gasteiger partial charge < -0.3 is 20.2 Å². The molecule has 2 N–H and O–H groups in total. The van der Waals surface area contributed by atoms with Gasteiger partial charge in [-0.15, -0.1) is 34.4 Å². The van der Waals surface area contributed by atoms with Crippen LogP contribution in [0.5, 0.6) is 0 Å². The van der Waals surface area contributed by atoms with Crippen LogP contribution in [0, 0.1) is 0 Å². The number of fused-ring (bicyclic) bond motifs is 1. The molecule has 2 aliphatic rings. The lowest BCUT2D eigenvalue weighted by atomic mass is 9.77. The minimum atomic E-state index is -0.997. The first-order chi connectivity index (χ1) is 33.9.